The maximum Gasteiger partial charge on any atom is 0.387 e. The molecule has 0 spiro atoms. The number of piperidine rings is 1. The number of ether oxygens (including phenoxy) is 2. The van der Waals surface area contributed by atoms with Gasteiger partial charge in [0.15, 0.2) is 11.5 Å². The maximum atomic E-state index is 13.4. The molecule has 15 heteroatoms. The second-order valence-electron chi connectivity index (χ2n) is 8.17. The van der Waals surface area contributed by atoms with Gasteiger partial charge in [-0.15, -0.1) is 11.3 Å². The Hall–Kier alpha value is -3.07. The van der Waals surface area contributed by atoms with Crippen molar-refractivity contribution in [1.29, 1.82) is 0 Å². The number of benzene rings is 1. The summed E-state index contributed by atoms with van der Waals surface area (Å²) in [5, 5.41) is 3.88. The number of sulfonamides is 1. The molecule has 3 heterocycles. The molecule has 3 aromatic rings. The maximum absolute atomic E-state index is 13.4. The molecule has 0 saturated carbocycles. The first-order valence-corrected chi connectivity index (χ1v) is 14.0. The lowest BCUT2D eigenvalue weighted by Crippen LogP contribution is -2.43. The van der Waals surface area contributed by atoms with E-state index in [0.29, 0.717) is 27.8 Å². The fraction of sp³-hybridized carbons (Fsp3) is 0.348. The molecule has 1 aliphatic rings. The second-order valence-corrected chi connectivity index (χ2v) is 11.6. The number of aromatic nitrogens is 1. The van der Waals surface area contributed by atoms with Crippen molar-refractivity contribution in [2.45, 2.75) is 43.2 Å². The van der Waals surface area contributed by atoms with E-state index in [9.17, 15) is 26.8 Å². The lowest BCUT2D eigenvalue weighted by Gasteiger charge is -2.29. The van der Waals surface area contributed by atoms with Gasteiger partial charge in [0.05, 0.1) is 27.7 Å². The highest BCUT2D eigenvalue weighted by molar-refractivity contribution is 7.89. The highest BCUT2D eigenvalue weighted by Gasteiger charge is 2.33. The lowest BCUT2D eigenvalue weighted by atomic mass is 10.1. The third kappa shape index (κ3) is 6.31. The summed E-state index contributed by atoms with van der Waals surface area (Å²) >= 11 is 7.18. The molecule has 1 atom stereocenters. The monoisotopic (exact) mass is 589 g/mol. The van der Waals surface area contributed by atoms with Gasteiger partial charge in [-0.1, -0.05) is 22.8 Å². The number of hydrogen-bond acceptors (Lipinski definition) is 9. The Bertz CT molecular complexity index is 1430. The van der Waals surface area contributed by atoms with E-state index in [1.807, 2.05) is 0 Å². The van der Waals surface area contributed by atoms with E-state index in [2.05, 4.69) is 14.6 Å². The lowest BCUT2D eigenvalue weighted by molar-refractivity contribution is -0.142. The second kappa shape index (κ2) is 11.8. The van der Waals surface area contributed by atoms with E-state index < -0.39 is 39.3 Å². The Kier molecular flexibility index (Phi) is 8.65. The fourth-order valence-electron chi connectivity index (χ4n) is 3.94. The van der Waals surface area contributed by atoms with Crippen LogP contribution >= 0.6 is 22.9 Å². The van der Waals surface area contributed by atoms with Crippen molar-refractivity contribution in [3.63, 3.8) is 0 Å². The average Bonchev–Trinajstić information content (AvgIpc) is 3.52. The smallest absolute Gasteiger partial charge is 0.387 e. The molecular weight excluding hydrogens is 568 g/mol. The van der Waals surface area contributed by atoms with Crippen molar-refractivity contribution in [1.82, 2.24) is 9.88 Å². The van der Waals surface area contributed by atoms with Crippen LogP contribution in [0.4, 0.5) is 14.5 Å². The first-order chi connectivity index (χ1) is 18.1. The van der Waals surface area contributed by atoms with Crippen LogP contribution < -0.4 is 14.4 Å². The van der Waals surface area contributed by atoms with Gasteiger partial charge in [-0.3, -0.25) is 9.59 Å². The van der Waals surface area contributed by atoms with Gasteiger partial charge in [0.2, 0.25) is 15.9 Å². The van der Waals surface area contributed by atoms with Crippen molar-refractivity contribution in [3.05, 3.63) is 46.4 Å². The van der Waals surface area contributed by atoms with Gasteiger partial charge in [0.25, 0.3) is 0 Å². The van der Waals surface area contributed by atoms with Gasteiger partial charge in [-0.25, -0.2) is 8.42 Å². The number of halogens is 3. The number of esters is 1. The van der Waals surface area contributed by atoms with E-state index in [1.54, 1.807) is 12.1 Å². The number of methoxy groups -OCH3 is 1. The predicted molar refractivity (Wildman–Crippen MR) is 134 cm³/mol. The Morgan fingerprint density at radius 3 is 2.74 bits per heavy atom. The summed E-state index contributed by atoms with van der Waals surface area (Å²) in [4.78, 5) is 26.2. The molecule has 1 aliphatic heterocycles. The summed E-state index contributed by atoms with van der Waals surface area (Å²) in [6, 6.07) is 7.07. The Morgan fingerprint density at radius 1 is 1.29 bits per heavy atom. The zero-order valence-electron chi connectivity index (χ0n) is 19.9. The Morgan fingerprint density at radius 2 is 2.08 bits per heavy atom. The van der Waals surface area contributed by atoms with Crippen molar-refractivity contribution < 1.29 is 40.8 Å². The van der Waals surface area contributed by atoms with Crippen molar-refractivity contribution in [2.24, 2.45) is 0 Å². The molecule has 38 heavy (non-hydrogen) atoms. The van der Waals surface area contributed by atoms with Crippen molar-refractivity contribution in [2.75, 3.05) is 18.6 Å². The van der Waals surface area contributed by atoms with Crippen molar-refractivity contribution >= 4 is 50.5 Å². The minimum Gasteiger partial charge on any atom is -0.468 e. The highest BCUT2D eigenvalue weighted by Crippen LogP contribution is 2.38. The highest BCUT2D eigenvalue weighted by atomic mass is 35.5. The molecule has 1 N–H and O–H groups in total. The minimum atomic E-state index is -4.65. The van der Waals surface area contributed by atoms with Crippen molar-refractivity contribution in [3.8, 4) is 16.4 Å². The number of thiophene rings is 1. The zero-order valence-corrected chi connectivity index (χ0v) is 22.2. The molecule has 10 nitrogen and oxygen atoms in total. The number of carbonyl (C=O) groups is 2. The molecule has 2 aromatic heterocycles. The summed E-state index contributed by atoms with van der Waals surface area (Å²) in [5.41, 5.74) is 0.114. The van der Waals surface area contributed by atoms with E-state index in [1.165, 1.54) is 34.4 Å². The number of alkyl halides is 2. The van der Waals surface area contributed by atoms with Crippen LogP contribution in [0.2, 0.25) is 4.34 Å². The van der Waals surface area contributed by atoms with Crippen LogP contribution in [0, 0.1) is 0 Å². The molecule has 1 fully saturated rings. The minimum absolute atomic E-state index is 0.108. The van der Waals surface area contributed by atoms with Gasteiger partial charge in [0.1, 0.15) is 10.9 Å². The molecule has 0 aliphatic carbocycles. The van der Waals surface area contributed by atoms with E-state index >= 15 is 0 Å². The quantitative estimate of drug-likeness (QED) is 0.348. The first-order valence-electron chi connectivity index (χ1n) is 11.3. The van der Waals surface area contributed by atoms with Crippen LogP contribution in [0.5, 0.6) is 5.75 Å². The molecule has 1 saturated heterocycles. The van der Waals surface area contributed by atoms with Gasteiger partial charge in [-0.05, 0) is 37.1 Å². The Balaban J connectivity index is 1.65. The number of nitrogens with zero attached hydrogens (tertiary/aromatic N) is 2. The number of nitrogens with one attached hydrogen (secondary N) is 1. The topological polar surface area (TPSA) is 128 Å². The number of para-hydroxylation sites is 1. The third-order valence-corrected chi connectivity index (χ3v) is 8.38. The number of anilines is 1. The Labute approximate surface area is 225 Å². The third-order valence-electron chi connectivity index (χ3n) is 5.64. The molecule has 4 rings (SSSR count). The zero-order chi connectivity index (χ0) is 27.4. The molecule has 0 radical (unpaired) electrons. The summed E-state index contributed by atoms with van der Waals surface area (Å²) in [7, 11) is -3.58. The largest absolute Gasteiger partial charge is 0.468 e. The van der Waals surface area contributed by atoms with Gasteiger partial charge < -0.3 is 18.9 Å². The first kappa shape index (κ1) is 28.0. The summed E-state index contributed by atoms with van der Waals surface area (Å²) < 4.78 is 70.9. The van der Waals surface area contributed by atoms with Crippen LogP contribution in [0.1, 0.15) is 25.0 Å². The SMILES string of the molecule is COC(=O)[C@H](Cc1cc(-c2ccc(Cl)s2)on1)NS(=O)(=O)c1cccc(N2CCCCC2=O)c1OC(F)F. The normalized spacial score (nSPS) is 15.1. The molecule has 1 amide bonds. The summed E-state index contributed by atoms with van der Waals surface area (Å²) in [5.74, 6) is -1.64. The molecule has 1 aromatic carbocycles. The standard InChI is InChI=1S/C23H22ClF2N3O7S2/c1-34-22(31)14(11-13-12-16(36-27-13)17-8-9-19(24)37-17)28-38(32,33)18-6-4-5-15(21(18)35-23(25)26)29-10-3-2-7-20(29)30/h4-6,8-9,12,14,23,28H,2-3,7,10-11H2,1H3/t14-/m0/s1. The van der Waals surface area contributed by atoms with Gasteiger partial charge >= 0.3 is 12.6 Å². The summed E-state index contributed by atoms with van der Waals surface area (Å²) in [6.07, 6.45) is 1.15. The summed E-state index contributed by atoms with van der Waals surface area (Å²) in [6.45, 7) is -3.16. The number of hydrogen-bond donors (Lipinski definition) is 1. The average molecular weight is 590 g/mol. The molecule has 0 unspecified atom stereocenters. The predicted octanol–water partition coefficient (Wildman–Crippen LogP) is 4.24. The van der Waals surface area contributed by atoms with Gasteiger partial charge in [-0.2, -0.15) is 13.5 Å². The van der Waals surface area contributed by atoms with Crippen LogP contribution in [0.15, 0.2) is 45.8 Å². The van der Waals surface area contributed by atoms with Crippen LogP contribution in [-0.2, 0) is 30.8 Å². The number of amides is 1. The van der Waals surface area contributed by atoms with E-state index in [0.717, 1.165) is 13.2 Å². The van der Waals surface area contributed by atoms with E-state index in [-0.39, 0.29) is 36.7 Å². The fourth-order valence-corrected chi connectivity index (χ4v) is 6.27. The number of rotatable bonds is 10. The van der Waals surface area contributed by atoms with E-state index in [4.69, 9.17) is 20.9 Å². The van der Waals surface area contributed by atoms with Crippen LogP contribution in [0.3, 0.4) is 0 Å². The van der Waals surface area contributed by atoms with Gasteiger partial charge in [0, 0.05) is 25.5 Å². The molecule has 204 valence electrons. The molecule has 0 bridgehead atoms. The molecular formula is C23H22ClF2N3O7S2. The van der Waals surface area contributed by atoms with Crippen LogP contribution in [0.25, 0.3) is 10.6 Å². The van der Waals surface area contributed by atoms with Crippen LogP contribution in [-0.4, -0.2) is 51.8 Å². The number of carbonyl (C=O) groups excluding carboxylic acids is 2.